The second kappa shape index (κ2) is 11.9. The van der Waals surface area contributed by atoms with Gasteiger partial charge in [0.05, 0.1) is 11.5 Å². The molecule has 1 aliphatic rings. The van der Waals surface area contributed by atoms with Gasteiger partial charge in [0.1, 0.15) is 11.9 Å². The molecule has 3 rings (SSSR count). The van der Waals surface area contributed by atoms with Gasteiger partial charge in [-0.05, 0) is 66.7 Å². The maximum atomic E-state index is 13.1. The van der Waals surface area contributed by atoms with Gasteiger partial charge < -0.3 is 25.6 Å². The molecule has 1 fully saturated rings. The Balaban J connectivity index is 1.59. The number of carbonyl (C=O) groups is 2. The number of halogens is 1. The Morgan fingerprint density at radius 2 is 1.97 bits per heavy atom. The summed E-state index contributed by atoms with van der Waals surface area (Å²) in [5, 5.41) is 11.3. The smallest absolute Gasteiger partial charge is 0.262 e. The van der Waals surface area contributed by atoms with E-state index in [4.69, 9.17) is 17.0 Å². The second-order valence-electron chi connectivity index (χ2n) is 7.47. The topological polar surface area (TPSA) is 82.7 Å². The molecule has 0 saturated carbocycles. The van der Waals surface area contributed by atoms with Gasteiger partial charge in [-0.15, -0.1) is 11.3 Å². The minimum atomic E-state index is -0.637. The first kappa shape index (κ1) is 24.1. The maximum absolute atomic E-state index is 13.1. The van der Waals surface area contributed by atoms with Crippen LogP contribution in [0.4, 0.5) is 10.1 Å². The molecule has 0 bridgehead atoms. The molecule has 2 amide bonds. The molecule has 0 aliphatic carbocycles. The molecule has 2 aromatic rings. The number of thiophene rings is 1. The van der Waals surface area contributed by atoms with Crippen molar-refractivity contribution in [1.29, 1.82) is 0 Å². The average molecular weight is 479 g/mol. The highest BCUT2D eigenvalue weighted by atomic mass is 32.1. The van der Waals surface area contributed by atoms with Gasteiger partial charge in [0, 0.05) is 32.4 Å². The van der Waals surface area contributed by atoms with E-state index in [0.717, 1.165) is 5.69 Å². The Kier molecular flexibility index (Phi) is 8.95. The van der Waals surface area contributed by atoms with Crippen LogP contribution in [-0.4, -0.2) is 61.2 Å². The molecule has 1 aromatic carbocycles. The number of likely N-dealkylation sites (tertiary alicyclic amines) is 1. The van der Waals surface area contributed by atoms with Crippen molar-refractivity contribution in [1.82, 2.24) is 15.5 Å². The molecule has 1 aliphatic heterocycles. The Morgan fingerprint density at radius 3 is 2.59 bits per heavy atom. The van der Waals surface area contributed by atoms with Crippen molar-refractivity contribution in [3.05, 3.63) is 52.5 Å². The lowest BCUT2D eigenvalue weighted by Gasteiger charge is -2.37. The van der Waals surface area contributed by atoms with Gasteiger partial charge in [0.15, 0.2) is 5.11 Å². The number of piperidine rings is 1. The fraction of sp³-hybridized carbons (Fsp3) is 0.409. The number of nitrogens with zero attached hydrogens (tertiary/aromatic N) is 1. The maximum Gasteiger partial charge on any atom is 0.262 e. The number of nitrogens with one attached hydrogen (secondary N) is 3. The van der Waals surface area contributed by atoms with E-state index < -0.39 is 6.04 Å². The summed E-state index contributed by atoms with van der Waals surface area (Å²) < 4.78 is 18.1. The van der Waals surface area contributed by atoms with E-state index in [1.165, 1.54) is 23.5 Å². The van der Waals surface area contributed by atoms with Gasteiger partial charge in [-0.2, -0.15) is 0 Å². The van der Waals surface area contributed by atoms with Crippen LogP contribution < -0.4 is 16.0 Å². The normalized spacial score (nSPS) is 15.1. The lowest BCUT2D eigenvalue weighted by molar-refractivity contribution is -0.124. The zero-order chi connectivity index (χ0) is 22.9. The monoisotopic (exact) mass is 478 g/mol. The average Bonchev–Trinajstić information content (AvgIpc) is 3.34. The lowest BCUT2D eigenvalue weighted by Crippen LogP contribution is -2.54. The largest absolute Gasteiger partial charge is 0.383 e. The quantitative estimate of drug-likeness (QED) is 0.400. The number of ether oxygens (including phenoxy) is 1. The van der Waals surface area contributed by atoms with Gasteiger partial charge in [-0.25, -0.2) is 4.39 Å². The van der Waals surface area contributed by atoms with Gasteiger partial charge in [0.25, 0.3) is 5.91 Å². The molecule has 1 saturated heterocycles. The van der Waals surface area contributed by atoms with Crippen LogP contribution in [0.3, 0.4) is 0 Å². The second-order valence-corrected chi connectivity index (χ2v) is 8.81. The Morgan fingerprint density at radius 1 is 1.25 bits per heavy atom. The molecule has 2 heterocycles. The summed E-state index contributed by atoms with van der Waals surface area (Å²) in [5.74, 6) is -0.784. The zero-order valence-corrected chi connectivity index (χ0v) is 19.4. The predicted octanol–water partition coefficient (Wildman–Crippen LogP) is 2.86. The van der Waals surface area contributed by atoms with Gasteiger partial charge in [-0.1, -0.05) is 6.07 Å². The SMILES string of the molecule is COCCNC(=O)[C@H](NC(=O)c1cccs1)C1CCN(C(=S)Nc2ccc(F)cc2)CC1. The number of methoxy groups -OCH3 is 1. The van der Waals surface area contributed by atoms with Crippen LogP contribution in [0.5, 0.6) is 0 Å². The molecule has 172 valence electrons. The molecule has 0 unspecified atom stereocenters. The number of amides is 2. The molecule has 0 radical (unpaired) electrons. The summed E-state index contributed by atoms with van der Waals surface area (Å²) >= 11 is 6.84. The van der Waals surface area contributed by atoms with Crippen molar-refractivity contribution in [2.75, 3.05) is 38.7 Å². The summed E-state index contributed by atoms with van der Waals surface area (Å²) in [6.45, 7) is 2.08. The third kappa shape index (κ3) is 6.72. The molecule has 1 atom stereocenters. The third-order valence-corrected chi connectivity index (χ3v) is 6.54. The Hall–Kier alpha value is -2.56. The first-order valence-corrected chi connectivity index (χ1v) is 11.7. The van der Waals surface area contributed by atoms with E-state index in [9.17, 15) is 14.0 Å². The van der Waals surface area contributed by atoms with Crippen LogP contribution in [0.1, 0.15) is 22.5 Å². The summed E-state index contributed by atoms with van der Waals surface area (Å²) in [5.41, 5.74) is 0.720. The number of rotatable bonds is 8. The Bertz CT molecular complexity index is 900. The minimum Gasteiger partial charge on any atom is -0.383 e. The van der Waals surface area contributed by atoms with Crippen LogP contribution in [0.25, 0.3) is 0 Å². The number of anilines is 1. The third-order valence-electron chi connectivity index (χ3n) is 5.31. The van der Waals surface area contributed by atoms with Crippen LogP contribution in [0, 0.1) is 11.7 Å². The zero-order valence-electron chi connectivity index (χ0n) is 17.8. The summed E-state index contributed by atoms with van der Waals surface area (Å²) in [6, 6.07) is 8.93. The number of thiocarbonyl (C=S) groups is 1. The van der Waals surface area contributed by atoms with Gasteiger partial charge in [-0.3, -0.25) is 9.59 Å². The van der Waals surface area contributed by atoms with Gasteiger partial charge in [0.2, 0.25) is 5.91 Å². The predicted molar refractivity (Wildman–Crippen MR) is 127 cm³/mol. The number of hydrogen-bond acceptors (Lipinski definition) is 5. The molecule has 7 nitrogen and oxygen atoms in total. The van der Waals surface area contributed by atoms with Crippen LogP contribution >= 0.6 is 23.6 Å². The van der Waals surface area contributed by atoms with Crippen molar-refractivity contribution < 1.29 is 18.7 Å². The molecule has 1 aromatic heterocycles. The molecule has 32 heavy (non-hydrogen) atoms. The van der Waals surface area contributed by atoms with Crippen LogP contribution in [-0.2, 0) is 9.53 Å². The van der Waals surface area contributed by atoms with Crippen molar-refractivity contribution in [3.63, 3.8) is 0 Å². The van der Waals surface area contributed by atoms with E-state index in [1.807, 2.05) is 10.3 Å². The fourth-order valence-electron chi connectivity index (χ4n) is 3.58. The highest BCUT2D eigenvalue weighted by Gasteiger charge is 2.33. The highest BCUT2D eigenvalue weighted by Crippen LogP contribution is 2.23. The summed E-state index contributed by atoms with van der Waals surface area (Å²) in [6.07, 6.45) is 1.39. The first-order valence-electron chi connectivity index (χ1n) is 10.4. The molecular formula is C22H27FN4O3S2. The van der Waals surface area contributed by atoms with Crippen molar-refractivity contribution >= 4 is 46.2 Å². The van der Waals surface area contributed by atoms with Crippen molar-refractivity contribution in [2.45, 2.75) is 18.9 Å². The fourth-order valence-corrected chi connectivity index (χ4v) is 4.50. The number of benzene rings is 1. The van der Waals surface area contributed by atoms with E-state index in [0.29, 0.717) is 49.1 Å². The molecule has 0 spiro atoms. The summed E-state index contributed by atoms with van der Waals surface area (Å²) in [7, 11) is 1.57. The van der Waals surface area contributed by atoms with E-state index in [1.54, 1.807) is 31.4 Å². The minimum absolute atomic E-state index is 0.0219. The lowest BCUT2D eigenvalue weighted by atomic mass is 9.88. The highest BCUT2D eigenvalue weighted by molar-refractivity contribution is 7.80. The van der Waals surface area contributed by atoms with Crippen molar-refractivity contribution in [3.8, 4) is 0 Å². The van der Waals surface area contributed by atoms with E-state index in [2.05, 4.69) is 16.0 Å². The standard InChI is InChI=1S/C22H27FN4O3S2/c1-30-13-10-24-21(29)19(26-20(28)18-3-2-14-32-18)15-8-11-27(12-9-15)22(31)25-17-6-4-16(23)5-7-17/h2-7,14-15,19H,8-13H2,1H3,(H,24,29)(H,25,31)(H,26,28)/t19-/m1/s1. The molecular weight excluding hydrogens is 451 g/mol. The van der Waals surface area contributed by atoms with Crippen molar-refractivity contribution in [2.24, 2.45) is 5.92 Å². The Labute approximate surface area is 196 Å². The molecule has 10 heteroatoms. The number of carbonyl (C=O) groups excluding carboxylic acids is 2. The van der Waals surface area contributed by atoms with Crippen LogP contribution in [0.15, 0.2) is 41.8 Å². The number of hydrogen-bond donors (Lipinski definition) is 3. The first-order chi connectivity index (χ1) is 15.5. The van der Waals surface area contributed by atoms with Crippen LogP contribution in [0.2, 0.25) is 0 Å². The van der Waals surface area contributed by atoms with Gasteiger partial charge >= 0.3 is 0 Å². The summed E-state index contributed by atoms with van der Waals surface area (Å²) in [4.78, 5) is 28.1. The van der Waals surface area contributed by atoms with E-state index >= 15 is 0 Å². The molecule has 3 N–H and O–H groups in total. The van der Waals surface area contributed by atoms with E-state index in [-0.39, 0.29) is 23.5 Å².